The van der Waals surface area contributed by atoms with Gasteiger partial charge in [-0.1, -0.05) is 67.1 Å². The summed E-state index contributed by atoms with van der Waals surface area (Å²) >= 11 is 6.44. The fourth-order valence-corrected chi connectivity index (χ4v) is 5.03. The Balaban J connectivity index is 1.26. The number of nitrogens with zero attached hydrogens (tertiary/aromatic N) is 3. The Morgan fingerprint density at radius 3 is 1.90 bits per heavy atom. The molecule has 3 N–H and O–H groups in total. The van der Waals surface area contributed by atoms with Crippen molar-refractivity contribution in [2.24, 2.45) is 0 Å². The molecule has 41 heavy (non-hydrogen) atoms. The van der Waals surface area contributed by atoms with Crippen LogP contribution in [0.1, 0.15) is 53.5 Å². The van der Waals surface area contributed by atoms with Gasteiger partial charge in [-0.3, -0.25) is 14.9 Å². The summed E-state index contributed by atoms with van der Waals surface area (Å²) in [5.41, 5.74) is 7.13. The van der Waals surface area contributed by atoms with Gasteiger partial charge < -0.3 is 16.0 Å². The van der Waals surface area contributed by atoms with Gasteiger partial charge in [0.05, 0.1) is 11.4 Å². The minimum Gasteiger partial charge on any atom is -0.310 e. The van der Waals surface area contributed by atoms with Crippen molar-refractivity contribution in [3.63, 3.8) is 0 Å². The molecule has 216 valence electrons. The number of hydrogen-bond acceptors (Lipinski definition) is 6. The molecule has 0 radical (unpaired) electrons. The van der Waals surface area contributed by atoms with Gasteiger partial charge in [0.25, 0.3) is 0 Å². The van der Waals surface area contributed by atoms with E-state index in [9.17, 15) is 0 Å². The van der Waals surface area contributed by atoms with Gasteiger partial charge in [-0.25, -0.2) is 0 Å². The van der Waals surface area contributed by atoms with Crippen molar-refractivity contribution in [2.75, 3.05) is 26.2 Å². The first-order chi connectivity index (χ1) is 20.1. The number of hydrogen-bond donors (Lipinski definition) is 3. The summed E-state index contributed by atoms with van der Waals surface area (Å²) in [6.45, 7) is 11.3. The predicted molar refractivity (Wildman–Crippen MR) is 170 cm³/mol. The van der Waals surface area contributed by atoms with Crippen LogP contribution in [-0.4, -0.2) is 41.0 Å². The maximum absolute atomic E-state index is 6.44. The van der Waals surface area contributed by atoms with E-state index in [1.54, 1.807) is 0 Å². The molecule has 1 atom stereocenters. The number of pyridine rings is 2. The van der Waals surface area contributed by atoms with Gasteiger partial charge in [-0.05, 0) is 65.9 Å². The molecule has 2 aromatic heterocycles. The van der Waals surface area contributed by atoms with Crippen LogP contribution in [0.3, 0.4) is 0 Å². The van der Waals surface area contributed by atoms with Gasteiger partial charge in [0, 0.05) is 75.8 Å². The monoisotopic (exact) mass is 570 g/mol. The molecule has 6 nitrogen and oxygen atoms in total. The number of halogens is 1. The predicted octanol–water partition coefficient (Wildman–Crippen LogP) is 5.92. The molecule has 0 bridgehead atoms. The lowest BCUT2D eigenvalue weighted by molar-refractivity contribution is 0.263. The number of benzene rings is 2. The highest BCUT2D eigenvalue weighted by Gasteiger charge is 2.09. The van der Waals surface area contributed by atoms with Crippen LogP contribution in [0.15, 0.2) is 91.3 Å². The molecule has 0 spiro atoms. The first-order valence-corrected chi connectivity index (χ1v) is 15.0. The van der Waals surface area contributed by atoms with Crippen LogP contribution >= 0.6 is 11.6 Å². The van der Waals surface area contributed by atoms with Gasteiger partial charge in [0.2, 0.25) is 0 Å². The molecule has 0 fully saturated rings. The summed E-state index contributed by atoms with van der Waals surface area (Å²) in [5, 5.41) is 11.6. The molecule has 7 heteroatoms. The molecule has 0 aliphatic rings. The standard InChI is InChI=1S/C34H43ClN6/c1-3-30-14-15-31(22-34(30)35)27(2)40-23-28-10-12-29(13-11-28)26-41(20-18-36-24-32-8-4-6-16-38-32)21-19-37-25-33-9-5-7-17-39-33/h4-17,22,27,36-37,40H,3,18-21,23-26H2,1-2H3. The molecule has 0 saturated carbocycles. The minimum absolute atomic E-state index is 0.228. The average molecular weight is 571 g/mol. The highest BCUT2D eigenvalue weighted by molar-refractivity contribution is 6.31. The lowest BCUT2D eigenvalue weighted by Crippen LogP contribution is -2.36. The van der Waals surface area contributed by atoms with Crippen molar-refractivity contribution in [1.82, 2.24) is 30.8 Å². The molecule has 2 heterocycles. The zero-order valence-corrected chi connectivity index (χ0v) is 25.1. The van der Waals surface area contributed by atoms with Crippen LogP contribution < -0.4 is 16.0 Å². The van der Waals surface area contributed by atoms with E-state index in [-0.39, 0.29) is 6.04 Å². The topological polar surface area (TPSA) is 65.1 Å². The summed E-state index contributed by atoms with van der Waals surface area (Å²) in [7, 11) is 0. The average Bonchev–Trinajstić information content (AvgIpc) is 3.01. The second-order valence-corrected chi connectivity index (χ2v) is 10.8. The van der Waals surface area contributed by atoms with Crippen molar-refractivity contribution >= 4 is 11.6 Å². The van der Waals surface area contributed by atoms with E-state index in [0.29, 0.717) is 0 Å². The fraction of sp³-hybridized carbons (Fsp3) is 0.353. The van der Waals surface area contributed by atoms with Gasteiger partial charge in [-0.15, -0.1) is 0 Å². The van der Waals surface area contributed by atoms with Crippen molar-refractivity contribution in [2.45, 2.75) is 52.5 Å². The summed E-state index contributed by atoms with van der Waals surface area (Å²) < 4.78 is 0. The molecule has 4 rings (SSSR count). The fourth-order valence-electron chi connectivity index (χ4n) is 4.71. The number of aryl methyl sites for hydroxylation is 1. The quantitative estimate of drug-likeness (QED) is 0.137. The highest BCUT2D eigenvalue weighted by atomic mass is 35.5. The van der Waals surface area contributed by atoms with E-state index < -0.39 is 0 Å². The van der Waals surface area contributed by atoms with E-state index in [2.05, 4.69) is 99.3 Å². The highest BCUT2D eigenvalue weighted by Crippen LogP contribution is 2.22. The molecule has 0 aliphatic heterocycles. The third-order valence-corrected chi connectivity index (χ3v) is 7.63. The van der Waals surface area contributed by atoms with Crippen LogP contribution in [-0.2, 0) is 32.6 Å². The Labute approximate surface area is 250 Å². The third-order valence-electron chi connectivity index (χ3n) is 7.27. The first-order valence-electron chi connectivity index (χ1n) is 14.6. The maximum Gasteiger partial charge on any atom is 0.0541 e. The Bertz CT molecular complexity index is 1240. The molecule has 4 aromatic rings. The van der Waals surface area contributed by atoms with Crippen LogP contribution in [0, 0.1) is 0 Å². The lowest BCUT2D eigenvalue weighted by Gasteiger charge is -2.23. The lowest BCUT2D eigenvalue weighted by atomic mass is 10.0. The second kappa shape index (κ2) is 17.0. The van der Waals surface area contributed by atoms with Gasteiger partial charge in [0.1, 0.15) is 0 Å². The normalized spacial score (nSPS) is 12.1. The van der Waals surface area contributed by atoms with Crippen LogP contribution in [0.2, 0.25) is 5.02 Å². The van der Waals surface area contributed by atoms with Crippen molar-refractivity contribution in [3.05, 3.63) is 130 Å². The van der Waals surface area contributed by atoms with Gasteiger partial charge in [-0.2, -0.15) is 0 Å². The smallest absolute Gasteiger partial charge is 0.0541 e. The Morgan fingerprint density at radius 2 is 1.37 bits per heavy atom. The number of nitrogens with one attached hydrogen (secondary N) is 3. The van der Waals surface area contributed by atoms with Gasteiger partial charge >= 0.3 is 0 Å². The molecular weight excluding hydrogens is 528 g/mol. The maximum atomic E-state index is 6.44. The first kappa shape index (κ1) is 30.8. The largest absolute Gasteiger partial charge is 0.310 e. The van der Waals surface area contributed by atoms with E-state index in [1.807, 2.05) is 36.7 Å². The van der Waals surface area contributed by atoms with E-state index in [4.69, 9.17) is 11.6 Å². The molecule has 0 saturated heterocycles. The number of rotatable bonds is 17. The Hall–Kier alpha value is -3.13. The zero-order valence-electron chi connectivity index (χ0n) is 24.3. The summed E-state index contributed by atoms with van der Waals surface area (Å²) in [5.74, 6) is 0. The van der Waals surface area contributed by atoms with Crippen molar-refractivity contribution in [3.8, 4) is 0 Å². The van der Waals surface area contributed by atoms with Crippen LogP contribution in [0.4, 0.5) is 0 Å². The zero-order chi connectivity index (χ0) is 28.7. The van der Waals surface area contributed by atoms with Gasteiger partial charge in [0.15, 0.2) is 0 Å². The molecule has 1 unspecified atom stereocenters. The van der Waals surface area contributed by atoms with Crippen molar-refractivity contribution in [1.29, 1.82) is 0 Å². The summed E-state index contributed by atoms with van der Waals surface area (Å²) in [6.07, 6.45) is 4.64. The van der Waals surface area contributed by atoms with Crippen molar-refractivity contribution < 1.29 is 0 Å². The Morgan fingerprint density at radius 1 is 0.756 bits per heavy atom. The molecule has 0 aliphatic carbocycles. The minimum atomic E-state index is 0.228. The third kappa shape index (κ3) is 10.7. The van der Waals surface area contributed by atoms with Crippen LogP contribution in [0.5, 0.6) is 0 Å². The summed E-state index contributed by atoms with van der Waals surface area (Å²) in [6, 6.07) is 27.7. The molecule has 0 amide bonds. The molecule has 2 aromatic carbocycles. The summed E-state index contributed by atoms with van der Waals surface area (Å²) in [4.78, 5) is 11.3. The van der Waals surface area contributed by atoms with E-state index in [0.717, 1.165) is 75.2 Å². The number of aromatic nitrogens is 2. The molecular formula is C34H43ClN6. The second-order valence-electron chi connectivity index (χ2n) is 10.4. The van der Waals surface area contributed by atoms with E-state index >= 15 is 0 Å². The Kier molecular flexibility index (Phi) is 12.8. The van der Waals surface area contributed by atoms with E-state index in [1.165, 1.54) is 22.3 Å². The SMILES string of the molecule is CCc1ccc(C(C)NCc2ccc(CN(CCNCc3ccccn3)CCNCc3ccccn3)cc2)cc1Cl. The van der Waals surface area contributed by atoms with Crippen LogP contribution in [0.25, 0.3) is 0 Å².